The van der Waals surface area contributed by atoms with Crippen LogP contribution in [0.15, 0.2) is 60.7 Å². The third-order valence-corrected chi connectivity index (χ3v) is 10.3. The zero-order chi connectivity index (χ0) is 29.9. The van der Waals surface area contributed by atoms with Gasteiger partial charge in [0.1, 0.15) is 30.5 Å². The van der Waals surface area contributed by atoms with Gasteiger partial charge in [-0.1, -0.05) is 81.4 Å². The number of alkyl halides is 1. The van der Waals surface area contributed by atoms with Gasteiger partial charge >= 0.3 is 8.56 Å². The third kappa shape index (κ3) is 7.14. The molecule has 8 nitrogen and oxygen atoms in total. The van der Waals surface area contributed by atoms with Crippen LogP contribution in [-0.4, -0.2) is 71.5 Å². The molecule has 5 unspecified atom stereocenters. The molecule has 0 amide bonds. The van der Waals surface area contributed by atoms with Crippen molar-refractivity contribution >= 4 is 8.56 Å². The summed E-state index contributed by atoms with van der Waals surface area (Å²) in [5, 5.41) is 0. The normalized spacial score (nSPS) is 37.3. The predicted octanol–water partition coefficient (Wildman–Crippen LogP) is 5.91. The van der Waals surface area contributed by atoms with E-state index in [9.17, 15) is 0 Å². The van der Waals surface area contributed by atoms with Crippen molar-refractivity contribution in [2.75, 3.05) is 13.7 Å². The van der Waals surface area contributed by atoms with Gasteiger partial charge in [-0.25, -0.2) is 4.39 Å². The fourth-order valence-electron chi connectivity index (χ4n) is 6.15. The molecule has 2 aromatic carbocycles. The van der Waals surface area contributed by atoms with Crippen LogP contribution in [0.1, 0.15) is 44.6 Å². The molecule has 0 aliphatic carbocycles. The standard InChI is InChI=1S/C32H45FO8Si/c1-7-24-20(2)21(3)26(30(33)37-24)40-42(5,6)41-28-27-25(19-36-31(39-27)23-16-12-9-13-17-23)38-32(34-4)29(28)35-18-22-14-10-8-11-15-22/h8-17,20-21,24-32H,7,18-19H2,1-6H3/t20-,21-,24?,25?,26?,27+,28-,29?,30+,31?,32-/m0/s1. The zero-order valence-electron chi connectivity index (χ0n) is 25.4. The van der Waals surface area contributed by atoms with Gasteiger partial charge < -0.3 is 37.3 Å². The summed E-state index contributed by atoms with van der Waals surface area (Å²) >= 11 is 0. The molecular weight excluding hydrogens is 559 g/mol. The van der Waals surface area contributed by atoms with Crippen molar-refractivity contribution in [3.8, 4) is 0 Å². The Labute approximate surface area is 249 Å². The van der Waals surface area contributed by atoms with Crippen molar-refractivity contribution in [3.05, 3.63) is 71.8 Å². The first-order valence-electron chi connectivity index (χ1n) is 15.0. The van der Waals surface area contributed by atoms with Crippen molar-refractivity contribution in [3.63, 3.8) is 0 Å². The minimum absolute atomic E-state index is 0.0462. The van der Waals surface area contributed by atoms with Crippen molar-refractivity contribution in [1.82, 2.24) is 0 Å². The Morgan fingerprint density at radius 2 is 1.52 bits per heavy atom. The van der Waals surface area contributed by atoms with Crippen LogP contribution in [0, 0.1) is 11.8 Å². The van der Waals surface area contributed by atoms with Crippen LogP contribution in [-0.2, 0) is 43.9 Å². The van der Waals surface area contributed by atoms with Gasteiger partial charge in [0.15, 0.2) is 12.6 Å². The van der Waals surface area contributed by atoms with Gasteiger partial charge in [-0.15, -0.1) is 0 Å². The molecule has 2 aromatic rings. The lowest BCUT2D eigenvalue weighted by molar-refractivity contribution is -0.362. The fourth-order valence-corrected chi connectivity index (χ4v) is 8.11. The van der Waals surface area contributed by atoms with E-state index in [1.54, 1.807) is 7.11 Å². The monoisotopic (exact) mass is 604 g/mol. The average Bonchev–Trinajstić information content (AvgIpc) is 3.01. The van der Waals surface area contributed by atoms with Gasteiger partial charge in [-0.05, 0) is 36.9 Å². The van der Waals surface area contributed by atoms with Crippen LogP contribution in [0.4, 0.5) is 4.39 Å². The maximum atomic E-state index is 15.3. The summed E-state index contributed by atoms with van der Waals surface area (Å²) in [6, 6.07) is 19.7. The quantitative estimate of drug-likeness (QED) is 0.310. The van der Waals surface area contributed by atoms with Crippen LogP contribution in [0.25, 0.3) is 0 Å². The molecule has 0 radical (unpaired) electrons. The molecule has 0 spiro atoms. The second kappa shape index (κ2) is 13.9. The van der Waals surface area contributed by atoms with Crippen LogP contribution in [0.3, 0.4) is 0 Å². The highest BCUT2D eigenvalue weighted by molar-refractivity contribution is 6.64. The second-order valence-electron chi connectivity index (χ2n) is 11.9. The van der Waals surface area contributed by atoms with Gasteiger partial charge in [0.2, 0.25) is 6.36 Å². The summed E-state index contributed by atoms with van der Waals surface area (Å²) in [7, 11) is -1.44. The second-order valence-corrected chi connectivity index (χ2v) is 15.2. The zero-order valence-corrected chi connectivity index (χ0v) is 26.4. The topological polar surface area (TPSA) is 73.8 Å². The molecule has 3 aliphatic rings. The average molecular weight is 605 g/mol. The Kier molecular flexibility index (Phi) is 10.5. The molecule has 3 aliphatic heterocycles. The minimum atomic E-state index is -3.03. The highest BCUT2D eigenvalue weighted by Gasteiger charge is 2.54. The van der Waals surface area contributed by atoms with E-state index in [-0.39, 0.29) is 24.5 Å². The van der Waals surface area contributed by atoms with Gasteiger partial charge in [-0.3, -0.25) is 0 Å². The summed E-state index contributed by atoms with van der Waals surface area (Å²) in [4.78, 5) is 0. The van der Waals surface area contributed by atoms with Crippen molar-refractivity contribution < 1.29 is 41.7 Å². The number of hydrogen-bond acceptors (Lipinski definition) is 8. The van der Waals surface area contributed by atoms with E-state index in [1.807, 2.05) is 87.6 Å². The Bertz CT molecular complexity index is 1100. The van der Waals surface area contributed by atoms with E-state index in [2.05, 4.69) is 6.92 Å². The Hall–Kier alpha value is -1.73. The van der Waals surface area contributed by atoms with E-state index < -0.39 is 58.0 Å². The van der Waals surface area contributed by atoms with Crippen LogP contribution >= 0.6 is 0 Å². The molecule has 3 fully saturated rings. The molecule has 0 N–H and O–H groups in total. The van der Waals surface area contributed by atoms with Gasteiger partial charge in [-0.2, -0.15) is 0 Å². The van der Waals surface area contributed by atoms with Gasteiger partial charge in [0.25, 0.3) is 0 Å². The molecule has 11 atom stereocenters. The van der Waals surface area contributed by atoms with Crippen molar-refractivity contribution in [1.29, 1.82) is 0 Å². The Morgan fingerprint density at radius 3 is 2.19 bits per heavy atom. The first-order chi connectivity index (χ1) is 20.2. The van der Waals surface area contributed by atoms with E-state index >= 15 is 4.39 Å². The van der Waals surface area contributed by atoms with Crippen molar-refractivity contribution in [2.24, 2.45) is 11.8 Å². The lowest BCUT2D eigenvalue weighted by Gasteiger charge is -2.51. The summed E-state index contributed by atoms with van der Waals surface area (Å²) < 4.78 is 65.7. The molecule has 0 bridgehead atoms. The van der Waals surface area contributed by atoms with Crippen LogP contribution < -0.4 is 0 Å². The number of halogens is 1. The summed E-state index contributed by atoms with van der Waals surface area (Å²) in [6.07, 6.45) is -5.28. The summed E-state index contributed by atoms with van der Waals surface area (Å²) in [5.41, 5.74) is 1.90. The number of hydrogen-bond donors (Lipinski definition) is 0. The van der Waals surface area contributed by atoms with E-state index in [1.165, 1.54) is 0 Å². The van der Waals surface area contributed by atoms with Crippen LogP contribution in [0.5, 0.6) is 0 Å². The highest BCUT2D eigenvalue weighted by Crippen LogP contribution is 2.40. The van der Waals surface area contributed by atoms with Crippen LogP contribution in [0.2, 0.25) is 13.1 Å². The predicted molar refractivity (Wildman–Crippen MR) is 156 cm³/mol. The number of fused-ring (bicyclic) bond motifs is 1. The largest absolute Gasteiger partial charge is 0.386 e. The SMILES string of the molecule is CCC1O[C@@H](F)C(O[Si](C)(C)O[C@@H]2C(OCc3ccccc3)[C@@H](OC)OC3COC(c4ccccc4)O[C@H]32)[C@@H](C)[C@@H]1C. The Balaban J connectivity index is 1.40. The Morgan fingerprint density at radius 1 is 0.857 bits per heavy atom. The number of methoxy groups -OCH3 is 1. The van der Waals surface area contributed by atoms with E-state index in [4.69, 9.17) is 37.3 Å². The molecule has 10 heteroatoms. The minimum Gasteiger partial charge on any atom is -0.386 e. The highest BCUT2D eigenvalue weighted by atomic mass is 28.4. The maximum Gasteiger partial charge on any atom is 0.332 e. The first kappa shape index (κ1) is 31.7. The number of benzene rings is 2. The first-order valence-corrected chi connectivity index (χ1v) is 17.8. The molecule has 42 heavy (non-hydrogen) atoms. The summed E-state index contributed by atoms with van der Waals surface area (Å²) in [6.45, 7) is 10.6. The van der Waals surface area contributed by atoms with Gasteiger partial charge in [0.05, 0.1) is 19.3 Å². The van der Waals surface area contributed by atoms with Gasteiger partial charge in [0, 0.05) is 12.7 Å². The molecule has 0 saturated carbocycles. The maximum absolute atomic E-state index is 15.3. The lowest BCUT2D eigenvalue weighted by Crippen LogP contribution is -2.66. The third-order valence-electron chi connectivity index (χ3n) is 8.61. The number of ether oxygens (including phenoxy) is 6. The fraction of sp³-hybridized carbons (Fsp3) is 0.625. The smallest absolute Gasteiger partial charge is 0.332 e. The molecule has 232 valence electrons. The molecular formula is C32H45FO8Si. The molecule has 5 rings (SSSR count). The van der Waals surface area contributed by atoms with Crippen molar-refractivity contribution in [2.45, 2.75) is 102 Å². The van der Waals surface area contributed by atoms with E-state index in [0.717, 1.165) is 17.5 Å². The molecule has 0 aromatic heterocycles. The lowest BCUT2D eigenvalue weighted by atomic mass is 9.83. The van der Waals surface area contributed by atoms with E-state index in [0.29, 0.717) is 6.61 Å². The molecule has 3 heterocycles. The number of rotatable bonds is 10. The molecule has 3 saturated heterocycles. The summed E-state index contributed by atoms with van der Waals surface area (Å²) in [5.74, 6) is 0.102.